The second-order valence-electron chi connectivity index (χ2n) is 7.92. The van der Waals surface area contributed by atoms with Crippen LogP contribution in [-0.4, -0.2) is 44.4 Å². The molecule has 2 fully saturated rings. The van der Waals surface area contributed by atoms with Crippen LogP contribution in [0.25, 0.3) is 0 Å². The number of hydrogen-bond acceptors (Lipinski definition) is 4. The number of hydrogen-bond donors (Lipinski definition) is 1. The van der Waals surface area contributed by atoms with Crippen LogP contribution in [-0.2, 0) is 17.8 Å². The van der Waals surface area contributed by atoms with Crippen molar-refractivity contribution in [2.75, 3.05) is 18.8 Å². The van der Waals surface area contributed by atoms with Gasteiger partial charge in [0.05, 0.1) is 5.75 Å². The van der Waals surface area contributed by atoms with Gasteiger partial charge in [-0.15, -0.1) is 5.10 Å². The predicted octanol–water partition coefficient (Wildman–Crippen LogP) is 2.94. The van der Waals surface area contributed by atoms with Gasteiger partial charge in [0.1, 0.15) is 0 Å². The molecule has 1 aromatic heterocycles. The van der Waals surface area contributed by atoms with Crippen molar-refractivity contribution in [1.82, 2.24) is 19.7 Å². The maximum absolute atomic E-state index is 12.7. The largest absolute Gasteiger partial charge is 0.343 e. The number of rotatable bonds is 6. The van der Waals surface area contributed by atoms with Gasteiger partial charge in [-0.25, -0.2) is 9.89 Å². The molecule has 0 spiro atoms. The third kappa shape index (κ3) is 4.51. The second-order valence-corrected chi connectivity index (χ2v) is 8.86. The fraction of sp³-hybridized carbons (Fsp3) is 0.571. The molecule has 1 aliphatic heterocycles. The molecule has 2 atom stereocenters. The fourth-order valence-corrected chi connectivity index (χ4v) is 5.42. The van der Waals surface area contributed by atoms with E-state index in [2.05, 4.69) is 22.3 Å². The molecule has 6 nitrogen and oxygen atoms in total. The van der Waals surface area contributed by atoms with Gasteiger partial charge in [0.2, 0.25) is 5.91 Å². The Morgan fingerprint density at radius 3 is 2.75 bits per heavy atom. The van der Waals surface area contributed by atoms with Crippen molar-refractivity contribution in [3.63, 3.8) is 0 Å². The number of aryl methyl sites for hydroxylation is 1. The topological polar surface area (TPSA) is 71.0 Å². The highest BCUT2D eigenvalue weighted by Gasteiger charge is 2.32. The summed E-state index contributed by atoms with van der Waals surface area (Å²) in [6.45, 7) is 2.34. The number of nitrogens with one attached hydrogen (secondary N) is 1. The Kier molecular flexibility index (Phi) is 6.20. The minimum Gasteiger partial charge on any atom is -0.342 e. The quantitative estimate of drug-likeness (QED) is 0.757. The third-order valence-corrected chi connectivity index (χ3v) is 7.12. The smallest absolute Gasteiger partial charge is 0.342 e. The summed E-state index contributed by atoms with van der Waals surface area (Å²) in [6.07, 6.45) is 7.16. The number of carbonyl (C=O) groups excluding carboxylic acids is 1. The molecule has 1 saturated heterocycles. The van der Waals surface area contributed by atoms with Crippen LogP contribution in [0, 0.1) is 11.8 Å². The van der Waals surface area contributed by atoms with Gasteiger partial charge < -0.3 is 4.90 Å². The zero-order valence-corrected chi connectivity index (χ0v) is 17.0. The van der Waals surface area contributed by atoms with E-state index >= 15 is 0 Å². The summed E-state index contributed by atoms with van der Waals surface area (Å²) in [6, 6.07) is 10.1. The zero-order chi connectivity index (χ0) is 19.3. The first-order valence-corrected chi connectivity index (χ1v) is 11.3. The monoisotopic (exact) mass is 400 g/mol. The maximum Gasteiger partial charge on any atom is 0.343 e. The molecular formula is C21H28N4O2S. The second kappa shape index (κ2) is 8.99. The predicted molar refractivity (Wildman–Crippen MR) is 110 cm³/mol. The number of piperidine rings is 1. The lowest BCUT2D eigenvalue weighted by atomic mass is 9.75. The lowest BCUT2D eigenvalue weighted by molar-refractivity contribution is -0.131. The van der Waals surface area contributed by atoms with Crippen LogP contribution in [0.5, 0.6) is 0 Å². The summed E-state index contributed by atoms with van der Waals surface area (Å²) in [5.74, 6) is 2.01. The van der Waals surface area contributed by atoms with Gasteiger partial charge in [-0.3, -0.25) is 9.36 Å². The van der Waals surface area contributed by atoms with Gasteiger partial charge in [0.15, 0.2) is 5.16 Å². The Morgan fingerprint density at radius 2 is 1.93 bits per heavy atom. The molecule has 1 aliphatic carbocycles. The number of benzene rings is 1. The Balaban J connectivity index is 1.32. The van der Waals surface area contributed by atoms with E-state index in [9.17, 15) is 9.59 Å². The maximum atomic E-state index is 12.7. The first kappa shape index (κ1) is 19.3. The lowest BCUT2D eigenvalue weighted by Crippen LogP contribution is -2.45. The molecular weight excluding hydrogens is 372 g/mol. The highest BCUT2D eigenvalue weighted by molar-refractivity contribution is 7.99. The van der Waals surface area contributed by atoms with E-state index in [0.29, 0.717) is 23.4 Å². The third-order valence-electron chi connectivity index (χ3n) is 6.16. The number of amides is 1. The number of likely N-dealkylation sites (tertiary alicyclic amines) is 1. The van der Waals surface area contributed by atoms with Crippen molar-refractivity contribution in [2.45, 2.75) is 50.2 Å². The van der Waals surface area contributed by atoms with Crippen LogP contribution in [0.4, 0.5) is 0 Å². The highest BCUT2D eigenvalue weighted by Crippen LogP contribution is 2.36. The SMILES string of the molecule is O=C(CSc1n[nH]c(=O)n1CCc1ccccc1)N1CC[C@H]2CCCC[C@@H]2C1. The van der Waals surface area contributed by atoms with Crippen molar-refractivity contribution >= 4 is 17.7 Å². The molecule has 4 rings (SSSR count). The summed E-state index contributed by atoms with van der Waals surface area (Å²) in [7, 11) is 0. The summed E-state index contributed by atoms with van der Waals surface area (Å²) in [5, 5.41) is 7.25. The van der Waals surface area contributed by atoms with E-state index < -0.39 is 0 Å². The van der Waals surface area contributed by atoms with Crippen molar-refractivity contribution in [2.24, 2.45) is 11.8 Å². The Labute approximate surface area is 169 Å². The van der Waals surface area contributed by atoms with E-state index in [1.54, 1.807) is 4.57 Å². The van der Waals surface area contributed by atoms with Crippen LogP contribution in [0.3, 0.4) is 0 Å². The van der Waals surface area contributed by atoms with Crippen LogP contribution < -0.4 is 5.69 Å². The number of thioether (sulfide) groups is 1. The van der Waals surface area contributed by atoms with Gasteiger partial charge in [-0.05, 0) is 36.7 Å². The molecule has 2 aliphatic rings. The highest BCUT2D eigenvalue weighted by atomic mass is 32.2. The zero-order valence-electron chi connectivity index (χ0n) is 16.2. The summed E-state index contributed by atoms with van der Waals surface area (Å²) < 4.78 is 1.64. The average molecular weight is 401 g/mol. The molecule has 150 valence electrons. The molecule has 0 bridgehead atoms. The molecule has 1 aromatic carbocycles. The standard InChI is InChI=1S/C21H28N4O2S/c26-19(24-12-11-17-8-4-5-9-18(17)14-24)15-28-21-23-22-20(27)25(21)13-10-16-6-2-1-3-7-16/h1-3,6-7,17-18H,4-5,8-15H2,(H,22,27)/t17-,18-/m1/s1. The molecule has 7 heteroatoms. The van der Waals surface area contributed by atoms with Crippen LogP contribution in [0.15, 0.2) is 40.3 Å². The average Bonchev–Trinajstić information content (AvgIpc) is 3.10. The van der Waals surface area contributed by atoms with E-state index in [-0.39, 0.29) is 11.6 Å². The van der Waals surface area contributed by atoms with Crippen molar-refractivity contribution in [1.29, 1.82) is 0 Å². The van der Waals surface area contributed by atoms with Crippen LogP contribution >= 0.6 is 11.8 Å². The number of carbonyl (C=O) groups is 1. The van der Waals surface area contributed by atoms with E-state index in [0.717, 1.165) is 31.8 Å². The number of nitrogens with zero attached hydrogens (tertiary/aromatic N) is 3. The van der Waals surface area contributed by atoms with Crippen molar-refractivity contribution in [3.8, 4) is 0 Å². The molecule has 1 saturated carbocycles. The number of fused-ring (bicyclic) bond motifs is 1. The van der Waals surface area contributed by atoms with Gasteiger partial charge in [-0.1, -0.05) is 61.4 Å². The van der Waals surface area contributed by atoms with E-state index in [4.69, 9.17) is 0 Å². The minimum atomic E-state index is -0.214. The fourth-order valence-electron chi connectivity index (χ4n) is 4.54. The Bertz CT molecular complexity index is 848. The first-order valence-electron chi connectivity index (χ1n) is 10.3. The van der Waals surface area contributed by atoms with Gasteiger partial charge in [-0.2, -0.15) is 0 Å². The van der Waals surface area contributed by atoms with Crippen molar-refractivity contribution < 1.29 is 4.79 Å². The molecule has 0 unspecified atom stereocenters. The molecule has 2 aromatic rings. The lowest BCUT2D eigenvalue weighted by Gasteiger charge is -2.41. The van der Waals surface area contributed by atoms with E-state index in [1.807, 2.05) is 23.1 Å². The summed E-state index contributed by atoms with van der Waals surface area (Å²) in [4.78, 5) is 26.9. The van der Waals surface area contributed by atoms with Gasteiger partial charge in [0.25, 0.3) is 0 Å². The normalized spacial score (nSPS) is 22.1. The van der Waals surface area contributed by atoms with E-state index in [1.165, 1.54) is 43.0 Å². The molecule has 1 N–H and O–H groups in total. The molecule has 0 radical (unpaired) electrons. The van der Waals surface area contributed by atoms with Crippen LogP contribution in [0.1, 0.15) is 37.7 Å². The summed E-state index contributed by atoms with van der Waals surface area (Å²) >= 11 is 1.36. The Hall–Kier alpha value is -2.02. The summed E-state index contributed by atoms with van der Waals surface area (Å²) in [5.41, 5.74) is 0.965. The number of H-pyrrole nitrogens is 1. The molecule has 28 heavy (non-hydrogen) atoms. The van der Waals surface area contributed by atoms with Gasteiger partial charge in [0, 0.05) is 19.6 Å². The number of aromatic nitrogens is 3. The molecule has 1 amide bonds. The Morgan fingerprint density at radius 1 is 1.14 bits per heavy atom. The van der Waals surface area contributed by atoms with Crippen LogP contribution in [0.2, 0.25) is 0 Å². The van der Waals surface area contributed by atoms with Gasteiger partial charge >= 0.3 is 5.69 Å². The first-order chi connectivity index (χ1) is 13.7. The molecule has 2 heterocycles. The van der Waals surface area contributed by atoms with Crippen molar-refractivity contribution in [3.05, 3.63) is 46.4 Å². The number of aromatic amines is 1. The minimum absolute atomic E-state index is 0.166.